The van der Waals surface area contributed by atoms with Crippen molar-refractivity contribution >= 4 is 0 Å². The molecule has 0 amide bonds. The predicted molar refractivity (Wildman–Crippen MR) is 60.4 cm³/mol. The second-order valence-corrected chi connectivity index (χ2v) is 4.89. The van der Waals surface area contributed by atoms with Gasteiger partial charge in [0.25, 0.3) is 0 Å². The zero-order valence-corrected chi connectivity index (χ0v) is 10.1. The van der Waals surface area contributed by atoms with E-state index in [1.807, 2.05) is 0 Å². The Kier molecular flexibility index (Phi) is 8.20. The minimum absolute atomic E-state index is 0.283. The van der Waals surface area contributed by atoms with Gasteiger partial charge < -0.3 is 9.84 Å². The number of aliphatic hydroxyl groups excluding tert-OH is 1. The molecule has 0 saturated carbocycles. The predicted octanol–water partition coefficient (Wildman–Crippen LogP) is 2.85. The van der Waals surface area contributed by atoms with E-state index in [2.05, 4.69) is 27.7 Å². The minimum Gasteiger partial charge on any atom is -0.391 e. The Hall–Kier alpha value is -0.0800. The van der Waals surface area contributed by atoms with Crippen LogP contribution >= 0.6 is 0 Å². The van der Waals surface area contributed by atoms with E-state index in [1.54, 1.807) is 0 Å². The molecule has 0 rings (SSSR count). The molecular weight excluding hydrogens is 176 g/mol. The van der Waals surface area contributed by atoms with Crippen LogP contribution in [0.2, 0.25) is 0 Å². The van der Waals surface area contributed by atoms with Crippen molar-refractivity contribution in [2.75, 3.05) is 13.2 Å². The van der Waals surface area contributed by atoms with Crippen molar-refractivity contribution in [1.82, 2.24) is 0 Å². The van der Waals surface area contributed by atoms with E-state index in [9.17, 15) is 5.11 Å². The molecule has 86 valence electrons. The van der Waals surface area contributed by atoms with Gasteiger partial charge in [-0.15, -0.1) is 0 Å². The number of hydrogen-bond acceptors (Lipinski definition) is 2. The van der Waals surface area contributed by atoms with Crippen molar-refractivity contribution in [3.63, 3.8) is 0 Å². The molecule has 0 aromatic carbocycles. The second-order valence-electron chi connectivity index (χ2n) is 4.89. The Morgan fingerprint density at radius 3 is 2.21 bits per heavy atom. The normalized spacial score (nSPS) is 13.9. The summed E-state index contributed by atoms with van der Waals surface area (Å²) in [5.74, 6) is 1.29. The lowest BCUT2D eigenvalue weighted by molar-refractivity contribution is 0.0245. The van der Waals surface area contributed by atoms with Crippen molar-refractivity contribution in [2.45, 2.75) is 53.1 Å². The average Bonchev–Trinajstić information content (AvgIpc) is 2.01. The highest BCUT2D eigenvalue weighted by Crippen LogP contribution is 2.06. The van der Waals surface area contributed by atoms with Crippen LogP contribution in [0.15, 0.2) is 0 Å². The van der Waals surface area contributed by atoms with Gasteiger partial charge in [-0.1, -0.05) is 27.7 Å². The molecule has 0 aromatic heterocycles. The third-order valence-corrected chi connectivity index (χ3v) is 2.12. The molecule has 0 bridgehead atoms. The Bertz CT molecular complexity index is 121. The molecule has 0 heterocycles. The maximum Gasteiger partial charge on any atom is 0.0776 e. The molecule has 0 saturated heterocycles. The molecule has 0 aliphatic rings. The summed E-state index contributed by atoms with van der Waals surface area (Å²) in [5.41, 5.74) is 0. The monoisotopic (exact) mass is 202 g/mol. The van der Waals surface area contributed by atoms with Crippen LogP contribution in [0.4, 0.5) is 0 Å². The Morgan fingerprint density at radius 1 is 1.07 bits per heavy atom. The first-order valence-corrected chi connectivity index (χ1v) is 5.78. The van der Waals surface area contributed by atoms with Crippen molar-refractivity contribution in [2.24, 2.45) is 11.8 Å². The summed E-state index contributed by atoms with van der Waals surface area (Å²) in [5, 5.41) is 9.50. The highest BCUT2D eigenvalue weighted by atomic mass is 16.5. The lowest BCUT2D eigenvalue weighted by atomic mass is 10.1. The van der Waals surface area contributed by atoms with Crippen molar-refractivity contribution in [3.05, 3.63) is 0 Å². The molecule has 1 atom stereocenters. The van der Waals surface area contributed by atoms with Crippen LogP contribution in [0.1, 0.15) is 47.0 Å². The fourth-order valence-corrected chi connectivity index (χ4v) is 1.43. The van der Waals surface area contributed by atoms with Crippen molar-refractivity contribution in [1.29, 1.82) is 0 Å². The molecule has 0 fully saturated rings. The largest absolute Gasteiger partial charge is 0.391 e. The van der Waals surface area contributed by atoms with Crippen LogP contribution in [-0.4, -0.2) is 24.4 Å². The summed E-state index contributed by atoms with van der Waals surface area (Å²) in [6, 6.07) is 0. The smallest absolute Gasteiger partial charge is 0.0776 e. The number of hydrogen-bond donors (Lipinski definition) is 1. The van der Waals surface area contributed by atoms with E-state index >= 15 is 0 Å². The van der Waals surface area contributed by atoms with Crippen LogP contribution in [0, 0.1) is 11.8 Å². The highest BCUT2D eigenvalue weighted by Gasteiger charge is 2.06. The molecule has 0 aromatic rings. The van der Waals surface area contributed by atoms with Gasteiger partial charge in [0.15, 0.2) is 0 Å². The average molecular weight is 202 g/mol. The maximum atomic E-state index is 9.50. The van der Waals surface area contributed by atoms with Gasteiger partial charge in [-0.05, 0) is 31.1 Å². The fraction of sp³-hybridized carbons (Fsp3) is 1.00. The van der Waals surface area contributed by atoms with Gasteiger partial charge in [-0.2, -0.15) is 0 Å². The standard InChI is InChI=1S/C12H26O2/c1-10(2)6-5-7-14-9-12(13)8-11(3)4/h10-13H,5-9H2,1-4H3. The summed E-state index contributed by atoms with van der Waals surface area (Å²) in [7, 11) is 0. The van der Waals surface area contributed by atoms with Crippen LogP contribution < -0.4 is 0 Å². The zero-order valence-electron chi connectivity index (χ0n) is 10.1. The third-order valence-electron chi connectivity index (χ3n) is 2.12. The quantitative estimate of drug-likeness (QED) is 0.613. The van der Waals surface area contributed by atoms with Crippen LogP contribution in [0.5, 0.6) is 0 Å². The van der Waals surface area contributed by atoms with Gasteiger partial charge in [-0.25, -0.2) is 0 Å². The number of aliphatic hydroxyl groups is 1. The van der Waals surface area contributed by atoms with Gasteiger partial charge in [-0.3, -0.25) is 0 Å². The Balaban J connectivity index is 3.19. The van der Waals surface area contributed by atoms with Gasteiger partial charge >= 0.3 is 0 Å². The van der Waals surface area contributed by atoms with E-state index in [4.69, 9.17) is 4.74 Å². The molecule has 14 heavy (non-hydrogen) atoms. The van der Waals surface area contributed by atoms with Gasteiger partial charge in [0.1, 0.15) is 0 Å². The van der Waals surface area contributed by atoms with Gasteiger partial charge in [0.05, 0.1) is 12.7 Å². The summed E-state index contributed by atoms with van der Waals surface area (Å²) < 4.78 is 5.40. The lowest BCUT2D eigenvalue weighted by Gasteiger charge is -2.13. The fourth-order valence-electron chi connectivity index (χ4n) is 1.43. The third kappa shape index (κ3) is 10.0. The van der Waals surface area contributed by atoms with Gasteiger partial charge in [0.2, 0.25) is 0 Å². The topological polar surface area (TPSA) is 29.5 Å². The van der Waals surface area contributed by atoms with E-state index < -0.39 is 0 Å². The van der Waals surface area contributed by atoms with Crippen LogP contribution in [0.3, 0.4) is 0 Å². The number of rotatable bonds is 8. The van der Waals surface area contributed by atoms with E-state index in [0.717, 1.165) is 25.4 Å². The van der Waals surface area contributed by atoms with E-state index in [0.29, 0.717) is 12.5 Å². The molecule has 0 spiro atoms. The minimum atomic E-state index is -0.283. The zero-order chi connectivity index (χ0) is 11.0. The summed E-state index contributed by atoms with van der Waals surface area (Å²) in [6.45, 7) is 9.94. The first-order valence-electron chi connectivity index (χ1n) is 5.78. The highest BCUT2D eigenvalue weighted by molar-refractivity contribution is 4.56. The lowest BCUT2D eigenvalue weighted by Crippen LogP contribution is -2.18. The van der Waals surface area contributed by atoms with Crippen molar-refractivity contribution < 1.29 is 9.84 Å². The molecule has 2 nitrogen and oxygen atoms in total. The van der Waals surface area contributed by atoms with Crippen LogP contribution in [0.25, 0.3) is 0 Å². The first kappa shape index (κ1) is 13.9. The molecular formula is C12H26O2. The van der Waals surface area contributed by atoms with E-state index in [-0.39, 0.29) is 6.10 Å². The Morgan fingerprint density at radius 2 is 1.71 bits per heavy atom. The summed E-state index contributed by atoms with van der Waals surface area (Å²) in [6.07, 6.45) is 2.87. The molecule has 2 heteroatoms. The van der Waals surface area contributed by atoms with E-state index in [1.165, 1.54) is 6.42 Å². The molecule has 0 aliphatic heterocycles. The number of ether oxygens (including phenoxy) is 1. The maximum absolute atomic E-state index is 9.50. The summed E-state index contributed by atoms with van der Waals surface area (Å²) >= 11 is 0. The van der Waals surface area contributed by atoms with Crippen molar-refractivity contribution in [3.8, 4) is 0 Å². The molecule has 1 N–H and O–H groups in total. The Labute approximate surface area is 88.7 Å². The first-order chi connectivity index (χ1) is 6.52. The molecule has 0 aliphatic carbocycles. The second kappa shape index (κ2) is 8.25. The summed E-state index contributed by atoms with van der Waals surface area (Å²) in [4.78, 5) is 0. The van der Waals surface area contributed by atoms with Crippen LogP contribution in [-0.2, 0) is 4.74 Å². The molecule has 0 radical (unpaired) electrons. The van der Waals surface area contributed by atoms with Gasteiger partial charge in [0, 0.05) is 6.61 Å². The molecule has 1 unspecified atom stereocenters. The SMILES string of the molecule is CC(C)CCCOCC(O)CC(C)C.